The van der Waals surface area contributed by atoms with Crippen LogP contribution in [0.4, 0.5) is 11.4 Å². The van der Waals surface area contributed by atoms with E-state index in [0.29, 0.717) is 13.0 Å². The minimum absolute atomic E-state index is 0.212. The third-order valence-electron chi connectivity index (χ3n) is 7.27. The lowest BCUT2D eigenvalue weighted by Gasteiger charge is -2.33. The summed E-state index contributed by atoms with van der Waals surface area (Å²) in [5, 5.41) is 0. The highest BCUT2D eigenvalue weighted by atomic mass is 32.2. The first-order valence-corrected chi connectivity index (χ1v) is 17.0. The van der Waals surface area contributed by atoms with Gasteiger partial charge in [-0.25, -0.2) is 0 Å². The lowest BCUT2D eigenvalue weighted by molar-refractivity contribution is 0.481. The summed E-state index contributed by atoms with van der Waals surface area (Å²) in [7, 11) is -3.97. The molecule has 2 aromatic carbocycles. The number of anilines is 2. The fourth-order valence-electron chi connectivity index (χ4n) is 5.14. The molecular weight excluding hydrogens is 498 g/mol. The fraction of sp³-hybridized carbons (Fsp3) is 0.613. The maximum Gasteiger partial charge on any atom is 0.264 e. The van der Waals surface area contributed by atoms with E-state index < -0.39 is 10.1 Å². The zero-order valence-corrected chi connectivity index (χ0v) is 24.6. The van der Waals surface area contributed by atoms with Crippen LogP contribution in [0.3, 0.4) is 0 Å². The van der Waals surface area contributed by atoms with Crippen LogP contribution in [0.25, 0.3) is 0 Å². The van der Waals surface area contributed by atoms with Gasteiger partial charge in [0.2, 0.25) is 0 Å². The van der Waals surface area contributed by atoms with Gasteiger partial charge in [0.1, 0.15) is 0 Å². The maximum absolute atomic E-state index is 11.4. The molecule has 4 nitrogen and oxygen atoms in total. The van der Waals surface area contributed by atoms with Gasteiger partial charge in [-0.3, -0.25) is 4.55 Å². The molecule has 0 amide bonds. The van der Waals surface area contributed by atoms with E-state index in [0.717, 1.165) is 12.8 Å². The van der Waals surface area contributed by atoms with Crippen molar-refractivity contribution in [2.75, 3.05) is 17.2 Å². The van der Waals surface area contributed by atoms with E-state index in [1.54, 1.807) is 0 Å². The summed E-state index contributed by atoms with van der Waals surface area (Å²) in [6.45, 7) is 5.08. The first-order chi connectivity index (χ1) is 17.9. The normalized spacial score (nSPS) is 13.0. The fourth-order valence-corrected chi connectivity index (χ4v) is 6.69. The van der Waals surface area contributed by atoms with Crippen LogP contribution < -0.4 is 4.90 Å². The van der Waals surface area contributed by atoms with Gasteiger partial charge in [-0.2, -0.15) is 8.42 Å². The topological polar surface area (TPSA) is 57.6 Å². The Morgan fingerprint density at radius 2 is 1.14 bits per heavy atom. The molecule has 0 aliphatic carbocycles. The Kier molecular flexibility index (Phi) is 12.8. The van der Waals surface area contributed by atoms with E-state index in [-0.39, 0.29) is 5.75 Å². The minimum Gasteiger partial charge on any atom is -0.340 e. The van der Waals surface area contributed by atoms with Gasteiger partial charge in [-0.1, -0.05) is 102 Å². The Bertz CT molecular complexity index is 1000. The molecule has 3 rings (SSSR count). The van der Waals surface area contributed by atoms with Crippen LogP contribution in [0.15, 0.2) is 46.2 Å². The molecule has 0 bridgehead atoms. The van der Waals surface area contributed by atoms with Gasteiger partial charge in [0, 0.05) is 16.3 Å². The lowest BCUT2D eigenvalue weighted by atomic mass is 10.0. The Hall–Kier alpha value is -1.50. The van der Waals surface area contributed by atoms with E-state index in [9.17, 15) is 13.0 Å². The summed E-state index contributed by atoms with van der Waals surface area (Å²) in [6, 6.07) is 13.6. The van der Waals surface area contributed by atoms with Crippen LogP contribution in [0.5, 0.6) is 0 Å². The van der Waals surface area contributed by atoms with Crippen molar-refractivity contribution in [3.63, 3.8) is 0 Å². The Morgan fingerprint density at radius 3 is 1.59 bits per heavy atom. The molecule has 0 atom stereocenters. The van der Waals surface area contributed by atoms with Crippen molar-refractivity contribution in [3.8, 4) is 0 Å². The van der Waals surface area contributed by atoms with Gasteiger partial charge < -0.3 is 4.90 Å². The summed E-state index contributed by atoms with van der Waals surface area (Å²) in [5.74, 6) is -0.212. The van der Waals surface area contributed by atoms with Crippen molar-refractivity contribution in [1.82, 2.24) is 0 Å². The van der Waals surface area contributed by atoms with E-state index in [2.05, 4.69) is 55.1 Å². The van der Waals surface area contributed by atoms with Crippen molar-refractivity contribution in [2.45, 2.75) is 120 Å². The molecule has 2 aromatic rings. The molecule has 6 heteroatoms. The number of unbranched alkanes of at least 4 members (excludes halogenated alkanes) is 10. The van der Waals surface area contributed by atoms with Gasteiger partial charge in [-0.15, -0.1) is 0 Å². The Balaban J connectivity index is 1.73. The molecule has 1 N–H and O–H groups in total. The molecule has 1 aliphatic rings. The molecule has 0 radical (unpaired) electrons. The van der Waals surface area contributed by atoms with Gasteiger partial charge >= 0.3 is 0 Å². The van der Waals surface area contributed by atoms with Crippen molar-refractivity contribution in [3.05, 3.63) is 47.5 Å². The molecule has 1 heterocycles. The number of hydrogen-bond acceptors (Lipinski definition) is 4. The van der Waals surface area contributed by atoms with Crippen molar-refractivity contribution >= 4 is 33.3 Å². The third kappa shape index (κ3) is 10.3. The smallest absolute Gasteiger partial charge is 0.264 e. The van der Waals surface area contributed by atoms with Crippen molar-refractivity contribution in [1.29, 1.82) is 0 Å². The number of aryl methyl sites for hydroxylation is 2. The molecule has 37 heavy (non-hydrogen) atoms. The summed E-state index contributed by atoms with van der Waals surface area (Å²) >= 11 is 1.81. The average Bonchev–Trinajstić information content (AvgIpc) is 2.87. The standard InChI is InChI=1S/C31H47NO3S2/c1-3-5-7-9-11-13-16-26-18-20-30-28(24-26)32(22-15-23-37(33,34)35)29-25-27(19-21-31(29)36-30)17-14-12-10-8-6-4-2/h18-21,24-25H,3-17,22-23H2,1-2H3,(H,33,34,35). The van der Waals surface area contributed by atoms with Crippen molar-refractivity contribution in [2.24, 2.45) is 0 Å². The molecular formula is C31H47NO3S2. The van der Waals surface area contributed by atoms with Crippen LogP contribution in [0.2, 0.25) is 0 Å². The molecule has 0 unspecified atom stereocenters. The molecule has 0 spiro atoms. The summed E-state index contributed by atoms with van der Waals surface area (Å²) in [5.41, 5.74) is 5.05. The minimum atomic E-state index is -3.97. The number of rotatable bonds is 18. The van der Waals surface area contributed by atoms with E-state index in [1.165, 1.54) is 109 Å². The molecule has 1 aliphatic heterocycles. The number of benzene rings is 2. The van der Waals surface area contributed by atoms with Crippen LogP contribution in [-0.4, -0.2) is 25.3 Å². The first-order valence-electron chi connectivity index (χ1n) is 14.6. The van der Waals surface area contributed by atoms with E-state index in [1.807, 2.05) is 11.8 Å². The van der Waals surface area contributed by atoms with Crippen LogP contribution >= 0.6 is 11.8 Å². The first kappa shape index (κ1) is 30.0. The third-order valence-corrected chi connectivity index (χ3v) is 9.21. The second-order valence-corrected chi connectivity index (χ2v) is 13.2. The predicted molar refractivity (Wildman–Crippen MR) is 159 cm³/mol. The highest BCUT2D eigenvalue weighted by molar-refractivity contribution is 7.99. The van der Waals surface area contributed by atoms with Gasteiger partial charge in [0.05, 0.1) is 17.1 Å². The summed E-state index contributed by atoms with van der Waals surface area (Å²) in [6.07, 6.45) is 18.0. The average molecular weight is 546 g/mol. The Morgan fingerprint density at radius 1 is 0.676 bits per heavy atom. The van der Waals surface area contributed by atoms with Crippen LogP contribution in [-0.2, 0) is 23.0 Å². The van der Waals surface area contributed by atoms with Gasteiger partial charge in [0.25, 0.3) is 10.1 Å². The van der Waals surface area contributed by atoms with E-state index in [4.69, 9.17) is 0 Å². The number of hydrogen-bond donors (Lipinski definition) is 1. The van der Waals surface area contributed by atoms with E-state index >= 15 is 0 Å². The molecule has 0 saturated heterocycles. The van der Waals surface area contributed by atoms with Gasteiger partial charge in [-0.05, 0) is 67.5 Å². The zero-order valence-electron chi connectivity index (χ0n) is 23.0. The molecule has 206 valence electrons. The summed E-state index contributed by atoms with van der Waals surface area (Å²) < 4.78 is 32.2. The summed E-state index contributed by atoms with van der Waals surface area (Å²) in [4.78, 5) is 4.73. The Labute approximate surface area is 230 Å². The second kappa shape index (κ2) is 15.8. The maximum atomic E-state index is 11.4. The molecule has 0 aromatic heterocycles. The lowest BCUT2D eigenvalue weighted by Crippen LogP contribution is -2.24. The monoisotopic (exact) mass is 545 g/mol. The number of nitrogens with zero attached hydrogens (tertiary/aromatic N) is 1. The highest BCUT2D eigenvalue weighted by Crippen LogP contribution is 2.49. The molecule has 0 fully saturated rings. The number of fused-ring (bicyclic) bond motifs is 2. The second-order valence-electron chi connectivity index (χ2n) is 10.5. The van der Waals surface area contributed by atoms with Gasteiger partial charge in [0.15, 0.2) is 0 Å². The highest BCUT2D eigenvalue weighted by Gasteiger charge is 2.24. The largest absolute Gasteiger partial charge is 0.340 e. The SMILES string of the molecule is CCCCCCCCc1ccc2c(c1)N(CCCS(=O)(=O)O)c1cc(CCCCCCCC)ccc1S2. The van der Waals surface area contributed by atoms with Crippen LogP contribution in [0.1, 0.15) is 108 Å². The quantitative estimate of drug-likeness (QED) is 0.149. The van der Waals surface area contributed by atoms with Crippen LogP contribution in [0, 0.1) is 0 Å². The predicted octanol–water partition coefficient (Wildman–Crippen LogP) is 9.37. The zero-order chi connectivity index (χ0) is 26.5. The van der Waals surface area contributed by atoms with Crippen molar-refractivity contribution < 1.29 is 13.0 Å². The molecule has 0 saturated carbocycles.